The van der Waals surface area contributed by atoms with Gasteiger partial charge >= 0.3 is 0 Å². The maximum Gasteiger partial charge on any atom is 0.229 e. The van der Waals surface area contributed by atoms with Crippen LogP contribution >= 0.6 is 23.7 Å². The molecule has 1 saturated heterocycles. The second-order valence-electron chi connectivity index (χ2n) is 5.28. The van der Waals surface area contributed by atoms with E-state index in [1.165, 1.54) is 17.4 Å². The van der Waals surface area contributed by atoms with Gasteiger partial charge in [-0.1, -0.05) is 29.5 Å². The van der Waals surface area contributed by atoms with Crippen molar-refractivity contribution >= 4 is 34.8 Å². The summed E-state index contributed by atoms with van der Waals surface area (Å²) in [5.41, 5.74) is 0.579. The van der Waals surface area contributed by atoms with Crippen molar-refractivity contribution in [2.45, 2.75) is 19.3 Å². The highest BCUT2D eigenvalue weighted by Gasteiger charge is 2.22. The molecule has 0 radical (unpaired) electrons. The molecule has 5 nitrogen and oxygen atoms in total. The topological polar surface area (TPSA) is 66.9 Å². The molecular weight excluding hydrogens is 339 g/mol. The molecule has 8 heteroatoms. The van der Waals surface area contributed by atoms with Crippen LogP contribution in [-0.4, -0.2) is 29.2 Å². The number of carbonyl (C=O) groups excluding carboxylic acids is 1. The fourth-order valence-electron chi connectivity index (χ4n) is 2.47. The van der Waals surface area contributed by atoms with Crippen LogP contribution in [0.2, 0.25) is 0 Å². The number of piperidine rings is 1. The molecule has 3 rings (SSSR count). The normalized spacial score (nSPS) is 15.0. The van der Waals surface area contributed by atoms with Crippen LogP contribution in [0.3, 0.4) is 0 Å². The Kier molecular flexibility index (Phi) is 6.44. The number of nitrogens with one attached hydrogen (secondary N) is 2. The standard InChI is InChI=1S/C15H17FN4OS.ClH/c16-12-4-2-1-3-11(12)9-13-19-20-15(22-13)18-14(21)10-5-7-17-8-6-10;/h1-4,10,17H,5-9H2,(H,18,20,21);1H. The molecule has 1 aromatic carbocycles. The summed E-state index contributed by atoms with van der Waals surface area (Å²) >= 11 is 1.29. The first-order valence-electron chi connectivity index (χ1n) is 7.30. The highest BCUT2D eigenvalue weighted by atomic mass is 35.5. The molecule has 1 aliphatic rings. The summed E-state index contributed by atoms with van der Waals surface area (Å²) in [6.07, 6.45) is 2.06. The maximum atomic E-state index is 13.6. The van der Waals surface area contributed by atoms with Crippen molar-refractivity contribution in [1.82, 2.24) is 15.5 Å². The van der Waals surface area contributed by atoms with Crippen LogP contribution in [0, 0.1) is 11.7 Å². The third-order valence-corrected chi connectivity index (χ3v) is 4.55. The summed E-state index contributed by atoms with van der Waals surface area (Å²) < 4.78 is 13.6. The lowest BCUT2D eigenvalue weighted by Crippen LogP contribution is -2.34. The van der Waals surface area contributed by atoms with E-state index < -0.39 is 0 Å². The number of nitrogens with zero attached hydrogens (tertiary/aromatic N) is 2. The molecular formula is C15H18ClFN4OS. The zero-order chi connectivity index (χ0) is 15.4. The van der Waals surface area contributed by atoms with Crippen LogP contribution in [0.25, 0.3) is 0 Å². The summed E-state index contributed by atoms with van der Waals surface area (Å²) in [5.74, 6) is -0.228. The molecule has 0 aliphatic carbocycles. The number of hydrogen-bond acceptors (Lipinski definition) is 5. The van der Waals surface area contributed by atoms with Gasteiger partial charge in [0.15, 0.2) is 0 Å². The monoisotopic (exact) mass is 356 g/mol. The Morgan fingerprint density at radius 3 is 2.78 bits per heavy atom. The van der Waals surface area contributed by atoms with Crippen molar-refractivity contribution in [1.29, 1.82) is 0 Å². The number of carbonyl (C=O) groups is 1. The predicted octanol–water partition coefficient (Wildman–Crippen LogP) is 2.63. The molecule has 0 bridgehead atoms. The Morgan fingerprint density at radius 1 is 1.30 bits per heavy atom. The summed E-state index contributed by atoms with van der Waals surface area (Å²) in [6, 6.07) is 6.60. The first-order valence-corrected chi connectivity index (χ1v) is 8.11. The summed E-state index contributed by atoms with van der Waals surface area (Å²) in [6.45, 7) is 1.74. The summed E-state index contributed by atoms with van der Waals surface area (Å²) in [5, 5.41) is 15.2. The van der Waals surface area contributed by atoms with Gasteiger partial charge in [0.05, 0.1) is 0 Å². The Hall–Kier alpha value is -1.57. The van der Waals surface area contributed by atoms with Gasteiger partial charge in [0, 0.05) is 12.3 Å². The van der Waals surface area contributed by atoms with E-state index in [-0.39, 0.29) is 30.0 Å². The molecule has 124 valence electrons. The highest BCUT2D eigenvalue weighted by Crippen LogP contribution is 2.21. The molecule has 1 amide bonds. The summed E-state index contributed by atoms with van der Waals surface area (Å²) in [7, 11) is 0. The minimum atomic E-state index is -0.252. The average Bonchev–Trinajstić information content (AvgIpc) is 2.97. The van der Waals surface area contributed by atoms with E-state index in [0.29, 0.717) is 22.1 Å². The van der Waals surface area contributed by atoms with Gasteiger partial charge in [0.25, 0.3) is 0 Å². The molecule has 2 aromatic rings. The van der Waals surface area contributed by atoms with Crippen LogP contribution in [-0.2, 0) is 11.2 Å². The van der Waals surface area contributed by atoms with Crippen molar-refractivity contribution in [2.24, 2.45) is 5.92 Å². The molecule has 1 aromatic heterocycles. The van der Waals surface area contributed by atoms with E-state index in [9.17, 15) is 9.18 Å². The van der Waals surface area contributed by atoms with E-state index in [2.05, 4.69) is 20.8 Å². The number of halogens is 2. The Balaban J connectivity index is 0.00000192. The Bertz CT molecular complexity index is 660. The third kappa shape index (κ3) is 4.70. The maximum absolute atomic E-state index is 13.6. The van der Waals surface area contributed by atoms with Gasteiger partial charge in [-0.3, -0.25) is 4.79 Å². The fraction of sp³-hybridized carbons (Fsp3) is 0.400. The Labute approximate surface area is 144 Å². The van der Waals surface area contributed by atoms with Crippen molar-refractivity contribution in [3.63, 3.8) is 0 Å². The van der Waals surface area contributed by atoms with Crippen molar-refractivity contribution in [2.75, 3.05) is 18.4 Å². The SMILES string of the molecule is Cl.O=C(Nc1nnc(Cc2ccccc2F)s1)C1CCNCC1. The first kappa shape index (κ1) is 17.8. The average molecular weight is 357 g/mol. The molecule has 23 heavy (non-hydrogen) atoms. The second-order valence-corrected chi connectivity index (χ2v) is 6.34. The smallest absolute Gasteiger partial charge is 0.229 e. The number of benzene rings is 1. The minimum Gasteiger partial charge on any atom is -0.317 e. The lowest BCUT2D eigenvalue weighted by Gasteiger charge is -2.20. The van der Waals surface area contributed by atoms with Crippen LogP contribution in [0.1, 0.15) is 23.4 Å². The van der Waals surface area contributed by atoms with Crippen LogP contribution in [0.4, 0.5) is 9.52 Å². The zero-order valence-electron chi connectivity index (χ0n) is 12.4. The van der Waals surface area contributed by atoms with Gasteiger partial charge in [-0.2, -0.15) is 0 Å². The largest absolute Gasteiger partial charge is 0.317 e. The van der Waals surface area contributed by atoms with Crippen LogP contribution in [0.15, 0.2) is 24.3 Å². The van der Waals surface area contributed by atoms with E-state index in [1.54, 1.807) is 18.2 Å². The summed E-state index contributed by atoms with van der Waals surface area (Å²) in [4.78, 5) is 12.1. The number of anilines is 1. The van der Waals surface area contributed by atoms with Crippen LogP contribution in [0.5, 0.6) is 0 Å². The highest BCUT2D eigenvalue weighted by molar-refractivity contribution is 7.15. The molecule has 1 aliphatic heterocycles. The number of rotatable bonds is 4. The van der Waals surface area contributed by atoms with Gasteiger partial charge in [-0.05, 0) is 37.6 Å². The van der Waals surface area contributed by atoms with Crippen molar-refractivity contribution in [3.8, 4) is 0 Å². The second kappa shape index (κ2) is 8.33. The van der Waals surface area contributed by atoms with Crippen molar-refractivity contribution < 1.29 is 9.18 Å². The van der Waals surface area contributed by atoms with Gasteiger partial charge < -0.3 is 10.6 Å². The van der Waals surface area contributed by atoms with Crippen molar-refractivity contribution in [3.05, 3.63) is 40.7 Å². The molecule has 0 spiro atoms. The van der Waals surface area contributed by atoms with E-state index in [1.807, 2.05) is 0 Å². The minimum absolute atomic E-state index is 0. The lowest BCUT2D eigenvalue weighted by atomic mass is 9.97. The number of amides is 1. The lowest BCUT2D eigenvalue weighted by molar-refractivity contribution is -0.120. The van der Waals surface area contributed by atoms with Crippen LogP contribution < -0.4 is 10.6 Å². The van der Waals surface area contributed by atoms with Gasteiger partial charge in [-0.25, -0.2) is 4.39 Å². The van der Waals surface area contributed by atoms with Gasteiger partial charge in [-0.15, -0.1) is 22.6 Å². The zero-order valence-corrected chi connectivity index (χ0v) is 14.1. The molecule has 2 N–H and O–H groups in total. The van der Waals surface area contributed by atoms with E-state index in [0.717, 1.165) is 25.9 Å². The Morgan fingerprint density at radius 2 is 2.04 bits per heavy atom. The molecule has 0 unspecified atom stereocenters. The predicted molar refractivity (Wildman–Crippen MR) is 90.6 cm³/mol. The third-order valence-electron chi connectivity index (χ3n) is 3.71. The van der Waals surface area contributed by atoms with E-state index in [4.69, 9.17) is 0 Å². The van der Waals surface area contributed by atoms with E-state index >= 15 is 0 Å². The molecule has 2 heterocycles. The molecule has 0 saturated carbocycles. The fourth-order valence-corrected chi connectivity index (χ4v) is 3.24. The first-order chi connectivity index (χ1) is 10.7. The van der Waals surface area contributed by atoms with Gasteiger partial charge in [0.1, 0.15) is 10.8 Å². The number of hydrogen-bond donors (Lipinski definition) is 2. The quantitative estimate of drug-likeness (QED) is 0.883. The molecule has 1 fully saturated rings. The number of aromatic nitrogens is 2. The molecule has 0 atom stereocenters. The van der Waals surface area contributed by atoms with Gasteiger partial charge in [0.2, 0.25) is 11.0 Å².